The maximum Gasteiger partial charge on any atom is -0.107 e. The largest absolute Gasteiger partial charge is 0.107 e. The van der Waals surface area contributed by atoms with Gasteiger partial charge in [-0.3, -0.25) is 0 Å². The van der Waals surface area contributed by atoms with E-state index in [2.05, 4.69) is 6.58 Å². The fourth-order valence-electron chi connectivity index (χ4n) is 0. The number of allylic oxidation sites excluding steroid dienone is 1. The Morgan fingerprint density at radius 1 is 1.80 bits per heavy atom. The molecule has 0 aliphatic rings. The van der Waals surface area contributed by atoms with Gasteiger partial charge in [0, 0.05) is 0 Å². The van der Waals surface area contributed by atoms with Gasteiger partial charge in [-0.1, -0.05) is 0 Å². The summed E-state index contributed by atoms with van der Waals surface area (Å²) in [6.45, 7) is 3.51. The van der Waals surface area contributed by atoms with Crippen LogP contribution in [0.2, 0.25) is 5.02 Å². The molecule has 0 radical (unpaired) electrons. The molecule has 5 heavy (non-hydrogen) atoms. The van der Waals surface area contributed by atoms with E-state index in [1.165, 1.54) is 23.3 Å². The summed E-state index contributed by atoms with van der Waals surface area (Å²) < 4.78 is 0. The van der Waals surface area contributed by atoms with E-state index in [1.807, 2.05) is 6.08 Å². The summed E-state index contributed by atoms with van der Waals surface area (Å²) >= 11 is 1.35. The van der Waals surface area contributed by atoms with Crippen LogP contribution in [0.3, 0.4) is 0 Å². The van der Waals surface area contributed by atoms with Gasteiger partial charge in [0.05, 0.1) is 0 Å². The number of rotatable bonds is 1. The van der Waals surface area contributed by atoms with E-state index >= 15 is 0 Å². The minimum Gasteiger partial charge on any atom is -0.107 e. The van der Waals surface area contributed by atoms with Crippen molar-refractivity contribution in [2.75, 3.05) is 0 Å². The van der Waals surface area contributed by atoms with Crippen LogP contribution in [0.25, 0.3) is 0 Å². The minimum absolute atomic E-state index is 0. The summed E-state index contributed by atoms with van der Waals surface area (Å²) in [5.41, 5.74) is 0. The molecule has 0 heterocycles. The molecule has 27 valence electrons. The maximum atomic E-state index is 3.51. The zero-order chi connectivity index (χ0) is 3.41. The smallest absolute Gasteiger partial charge is 0.107 e. The SMILES string of the molecule is C=C[CH2][Zn].I. The first-order valence-corrected chi connectivity index (χ1v) is 3.41. The summed E-state index contributed by atoms with van der Waals surface area (Å²) in [4.78, 5) is 0. The second-order valence-electron chi connectivity index (χ2n) is 0.577. The van der Waals surface area contributed by atoms with Crippen LogP contribution in [-0.4, -0.2) is 0 Å². The molecule has 0 N–H and O–H groups in total. The van der Waals surface area contributed by atoms with Crippen molar-refractivity contribution in [3.63, 3.8) is 0 Å². The molecule has 0 atom stereocenters. The Balaban J connectivity index is 0. The molecule has 0 saturated heterocycles. The predicted octanol–water partition coefficient (Wildman–Crippen LogP) is 1.76. The third-order valence-corrected chi connectivity index (χ3v) is 1.06. The second kappa shape index (κ2) is 8.92. The van der Waals surface area contributed by atoms with Crippen LogP contribution in [-0.2, 0) is 18.3 Å². The van der Waals surface area contributed by atoms with E-state index < -0.39 is 0 Å². The molecule has 0 saturated carbocycles. The fourth-order valence-corrected chi connectivity index (χ4v) is 0. The van der Waals surface area contributed by atoms with Gasteiger partial charge < -0.3 is 0 Å². The van der Waals surface area contributed by atoms with Gasteiger partial charge in [0.15, 0.2) is 0 Å². The summed E-state index contributed by atoms with van der Waals surface area (Å²) in [5.74, 6) is 0. The number of hydrogen-bond donors (Lipinski definition) is 0. The van der Waals surface area contributed by atoms with Gasteiger partial charge in [0.25, 0.3) is 0 Å². The van der Waals surface area contributed by atoms with Crippen molar-refractivity contribution in [3.05, 3.63) is 12.7 Å². The molecule has 0 spiro atoms. The Labute approximate surface area is 59.7 Å². The zero-order valence-corrected chi connectivity index (χ0v) is 8.40. The third kappa shape index (κ3) is 11.1. The van der Waals surface area contributed by atoms with Crippen LogP contribution in [0.15, 0.2) is 12.7 Å². The first-order valence-electron chi connectivity index (χ1n) is 1.32. The standard InChI is InChI=1S/C3H5.HI.Zn/c1-3-2;;/h3H,1-2H2;1H;. The van der Waals surface area contributed by atoms with E-state index in [0.717, 1.165) is 0 Å². The van der Waals surface area contributed by atoms with E-state index in [4.69, 9.17) is 0 Å². The average Bonchev–Trinajstić information content (AvgIpc) is 1.37. The molecular formula is C3H6IZn. The molecule has 0 aromatic carbocycles. The van der Waals surface area contributed by atoms with Crippen molar-refractivity contribution >= 4 is 24.0 Å². The van der Waals surface area contributed by atoms with Gasteiger partial charge in [0.2, 0.25) is 0 Å². The van der Waals surface area contributed by atoms with Crippen molar-refractivity contribution in [3.8, 4) is 0 Å². The topological polar surface area (TPSA) is 0 Å². The number of halogens is 1. The van der Waals surface area contributed by atoms with Gasteiger partial charge >= 0.3 is 36.0 Å². The summed E-state index contributed by atoms with van der Waals surface area (Å²) in [6, 6.07) is 0. The van der Waals surface area contributed by atoms with Gasteiger partial charge in [0.1, 0.15) is 0 Å². The molecular weight excluding hydrogens is 228 g/mol. The molecule has 0 fully saturated rings. The average molecular weight is 234 g/mol. The minimum atomic E-state index is 0. The van der Waals surface area contributed by atoms with Crippen LogP contribution in [0.4, 0.5) is 0 Å². The van der Waals surface area contributed by atoms with Crippen LogP contribution >= 0.6 is 24.0 Å². The van der Waals surface area contributed by atoms with Crippen molar-refractivity contribution in [1.82, 2.24) is 0 Å². The molecule has 0 nitrogen and oxygen atoms in total. The Morgan fingerprint density at radius 2 is 2.00 bits per heavy atom. The van der Waals surface area contributed by atoms with Crippen molar-refractivity contribution in [2.24, 2.45) is 0 Å². The van der Waals surface area contributed by atoms with E-state index in [-0.39, 0.29) is 24.0 Å². The van der Waals surface area contributed by atoms with Crippen molar-refractivity contribution in [1.29, 1.82) is 0 Å². The Morgan fingerprint density at radius 3 is 2.00 bits per heavy atom. The quantitative estimate of drug-likeness (QED) is 0.368. The molecule has 0 aromatic rings. The monoisotopic (exact) mass is 233 g/mol. The fraction of sp³-hybridized carbons (Fsp3) is 0.333. The first-order chi connectivity index (χ1) is 1.91. The Bertz CT molecular complexity index is 20.9. The van der Waals surface area contributed by atoms with Crippen LogP contribution in [0, 0.1) is 0 Å². The molecule has 0 aliphatic heterocycles. The molecule has 0 amide bonds. The van der Waals surface area contributed by atoms with Crippen molar-refractivity contribution in [2.45, 2.75) is 5.02 Å². The maximum absolute atomic E-state index is 3.51. The van der Waals surface area contributed by atoms with Crippen LogP contribution in [0.1, 0.15) is 0 Å². The summed E-state index contributed by atoms with van der Waals surface area (Å²) in [6.07, 6.45) is 1.93. The van der Waals surface area contributed by atoms with Gasteiger partial charge in [-0.15, -0.1) is 24.0 Å². The number of hydrogen-bond acceptors (Lipinski definition) is 0. The second-order valence-corrected chi connectivity index (χ2v) is 1.79. The third-order valence-electron chi connectivity index (χ3n) is 0.204. The van der Waals surface area contributed by atoms with Crippen molar-refractivity contribution < 1.29 is 18.3 Å². The first kappa shape index (κ1) is 9.43. The molecule has 0 aromatic heterocycles. The van der Waals surface area contributed by atoms with E-state index in [0.29, 0.717) is 0 Å². The predicted molar refractivity (Wildman–Crippen MR) is 30.4 cm³/mol. The van der Waals surface area contributed by atoms with Gasteiger partial charge in [-0.05, 0) is 0 Å². The van der Waals surface area contributed by atoms with E-state index in [9.17, 15) is 0 Å². The molecule has 0 aliphatic carbocycles. The normalized spacial score (nSPS) is 5.20. The van der Waals surface area contributed by atoms with E-state index in [1.54, 1.807) is 0 Å². The molecule has 0 bridgehead atoms. The Kier molecular flexibility index (Phi) is 16.8. The molecule has 2 heteroatoms. The zero-order valence-electron chi connectivity index (χ0n) is 3.11. The summed E-state index contributed by atoms with van der Waals surface area (Å²) in [5, 5.41) is 1.21. The van der Waals surface area contributed by atoms with Gasteiger partial charge in [-0.2, -0.15) is 0 Å². The summed E-state index contributed by atoms with van der Waals surface area (Å²) in [7, 11) is 0. The van der Waals surface area contributed by atoms with Crippen LogP contribution < -0.4 is 0 Å². The van der Waals surface area contributed by atoms with Gasteiger partial charge in [-0.25, -0.2) is 0 Å². The molecule has 0 unspecified atom stereocenters. The van der Waals surface area contributed by atoms with Crippen LogP contribution in [0.5, 0.6) is 0 Å². The molecule has 0 rings (SSSR count). The Hall–Kier alpha value is 1.09.